The molecule has 0 spiro atoms. The molecular formula is C23H22ClFN6O. The van der Waals surface area contributed by atoms with Crippen molar-refractivity contribution in [3.63, 3.8) is 0 Å². The number of rotatable bonds is 5. The van der Waals surface area contributed by atoms with Gasteiger partial charge in [-0.2, -0.15) is 4.98 Å². The van der Waals surface area contributed by atoms with Gasteiger partial charge in [0.05, 0.1) is 11.6 Å². The number of benzene rings is 1. The summed E-state index contributed by atoms with van der Waals surface area (Å²) in [5.74, 6) is 1.72. The Balaban J connectivity index is 1.60. The third-order valence-corrected chi connectivity index (χ3v) is 5.73. The van der Waals surface area contributed by atoms with Crippen LogP contribution in [0, 0.1) is 5.82 Å². The molecule has 32 heavy (non-hydrogen) atoms. The van der Waals surface area contributed by atoms with E-state index in [1.165, 1.54) is 6.07 Å². The second-order valence-corrected chi connectivity index (χ2v) is 7.93. The highest BCUT2D eigenvalue weighted by Gasteiger charge is 2.32. The Labute approximate surface area is 190 Å². The summed E-state index contributed by atoms with van der Waals surface area (Å²) >= 11 is 6.21. The fourth-order valence-electron chi connectivity index (χ4n) is 4.06. The molecule has 5 rings (SSSR count). The van der Waals surface area contributed by atoms with E-state index in [0.717, 1.165) is 23.6 Å². The van der Waals surface area contributed by atoms with Crippen LogP contribution in [0.4, 0.5) is 21.8 Å². The van der Waals surface area contributed by atoms with Crippen LogP contribution in [0.2, 0.25) is 0 Å². The molecule has 164 valence electrons. The van der Waals surface area contributed by atoms with Crippen molar-refractivity contribution in [2.45, 2.75) is 13.2 Å². The normalized spacial score (nSPS) is 19.2. The zero-order chi connectivity index (χ0) is 22.2. The third kappa shape index (κ3) is 3.55. The SMILES string of the molecule is CCNc1ncc2c(n1)N1CCN=C1C(c1cc(N3C=C(Cl)C=CC3OC)ccc1F)=C2. The minimum absolute atomic E-state index is 0.334. The van der Waals surface area contributed by atoms with E-state index >= 15 is 4.39 Å². The number of amidine groups is 1. The van der Waals surface area contributed by atoms with Crippen molar-refractivity contribution in [2.75, 3.05) is 41.9 Å². The molecule has 1 atom stereocenters. The molecule has 7 nitrogen and oxygen atoms in total. The van der Waals surface area contributed by atoms with Gasteiger partial charge in [-0.05, 0) is 43.4 Å². The summed E-state index contributed by atoms with van der Waals surface area (Å²) in [7, 11) is 1.62. The van der Waals surface area contributed by atoms with Gasteiger partial charge in [-0.15, -0.1) is 0 Å². The predicted molar refractivity (Wildman–Crippen MR) is 126 cm³/mol. The van der Waals surface area contributed by atoms with Gasteiger partial charge in [0.25, 0.3) is 0 Å². The number of anilines is 3. The zero-order valence-corrected chi connectivity index (χ0v) is 18.5. The smallest absolute Gasteiger partial charge is 0.224 e. The van der Waals surface area contributed by atoms with Crippen molar-refractivity contribution >= 4 is 46.5 Å². The highest BCUT2D eigenvalue weighted by atomic mass is 35.5. The van der Waals surface area contributed by atoms with Crippen LogP contribution < -0.4 is 15.1 Å². The Hall–Kier alpha value is -3.23. The van der Waals surface area contributed by atoms with Crippen molar-refractivity contribution in [3.05, 3.63) is 64.7 Å². The Bertz CT molecular complexity index is 1190. The van der Waals surface area contributed by atoms with Gasteiger partial charge in [0, 0.05) is 55.0 Å². The molecule has 3 aliphatic heterocycles. The quantitative estimate of drug-likeness (QED) is 0.731. The summed E-state index contributed by atoms with van der Waals surface area (Å²) in [4.78, 5) is 17.6. The second kappa shape index (κ2) is 8.37. The van der Waals surface area contributed by atoms with Crippen LogP contribution in [0.3, 0.4) is 0 Å². The molecule has 3 aliphatic rings. The van der Waals surface area contributed by atoms with Crippen molar-refractivity contribution in [3.8, 4) is 0 Å². The average molecular weight is 453 g/mol. The van der Waals surface area contributed by atoms with E-state index < -0.39 is 0 Å². The minimum Gasteiger partial charge on any atom is -0.358 e. The van der Waals surface area contributed by atoms with Gasteiger partial charge in [-0.25, -0.2) is 9.37 Å². The van der Waals surface area contributed by atoms with E-state index in [4.69, 9.17) is 16.3 Å². The van der Waals surface area contributed by atoms with E-state index in [-0.39, 0.29) is 12.0 Å². The third-order valence-electron chi connectivity index (χ3n) is 5.50. The van der Waals surface area contributed by atoms with Crippen LogP contribution in [0.5, 0.6) is 0 Å². The maximum Gasteiger partial charge on any atom is 0.224 e. The van der Waals surface area contributed by atoms with Gasteiger partial charge in [0.15, 0.2) is 6.23 Å². The van der Waals surface area contributed by atoms with Crippen molar-refractivity contribution in [2.24, 2.45) is 4.99 Å². The highest BCUT2D eigenvalue weighted by Crippen LogP contribution is 2.37. The lowest BCUT2D eigenvalue weighted by Crippen LogP contribution is -2.33. The topological polar surface area (TPSA) is 65.9 Å². The average Bonchev–Trinajstić information content (AvgIpc) is 3.30. The molecule has 9 heteroatoms. The van der Waals surface area contributed by atoms with E-state index in [2.05, 4.69) is 20.3 Å². The van der Waals surface area contributed by atoms with Crippen LogP contribution in [-0.4, -0.2) is 48.8 Å². The Morgan fingerprint density at radius 2 is 2.22 bits per heavy atom. The number of allylic oxidation sites excluding steroid dienone is 2. The molecule has 1 aromatic heterocycles. The summed E-state index contributed by atoms with van der Waals surface area (Å²) in [5, 5.41) is 3.70. The second-order valence-electron chi connectivity index (χ2n) is 7.49. The first-order chi connectivity index (χ1) is 15.6. The van der Waals surface area contributed by atoms with E-state index in [0.29, 0.717) is 41.0 Å². The fourth-order valence-corrected chi connectivity index (χ4v) is 4.23. The summed E-state index contributed by atoms with van der Waals surface area (Å²) in [6, 6.07) is 4.96. The van der Waals surface area contributed by atoms with Crippen LogP contribution in [0.25, 0.3) is 11.6 Å². The van der Waals surface area contributed by atoms with E-state index in [9.17, 15) is 0 Å². The van der Waals surface area contributed by atoms with Crippen molar-refractivity contribution < 1.29 is 9.13 Å². The lowest BCUT2D eigenvalue weighted by atomic mass is 9.97. The maximum atomic E-state index is 15.1. The highest BCUT2D eigenvalue weighted by molar-refractivity contribution is 6.35. The number of fused-ring (bicyclic) bond motifs is 3. The lowest BCUT2D eigenvalue weighted by Gasteiger charge is -2.31. The molecule has 1 unspecified atom stereocenters. The molecule has 0 aliphatic carbocycles. The molecule has 0 radical (unpaired) electrons. The Morgan fingerprint density at radius 3 is 3.03 bits per heavy atom. The van der Waals surface area contributed by atoms with Gasteiger partial charge in [-0.1, -0.05) is 11.6 Å². The Morgan fingerprint density at radius 1 is 1.34 bits per heavy atom. The number of ether oxygens (including phenoxy) is 1. The van der Waals surface area contributed by atoms with Crippen LogP contribution in [0.15, 0.2) is 52.8 Å². The molecule has 0 bridgehead atoms. The molecular weight excluding hydrogens is 431 g/mol. The lowest BCUT2D eigenvalue weighted by molar-refractivity contribution is 0.144. The monoisotopic (exact) mass is 452 g/mol. The maximum absolute atomic E-state index is 15.1. The molecule has 1 N–H and O–H groups in total. The summed E-state index contributed by atoms with van der Waals surface area (Å²) in [5.41, 5.74) is 2.73. The number of nitrogens with zero attached hydrogens (tertiary/aromatic N) is 5. The number of aromatic nitrogens is 2. The largest absolute Gasteiger partial charge is 0.358 e. The minimum atomic E-state index is -0.338. The number of hydrogen-bond donors (Lipinski definition) is 1. The molecule has 1 aromatic carbocycles. The summed E-state index contributed by atoms with van der Waals surface area (Å²) < 4.78 is 20.7. The molecule has 0 fully saturated rings. The first kappa shape index (κ1) is 20.7. The molecule has 4 heterocycles. The van der Waals surface area contributed by atoms with Gasteiger partial charge in [0.2, 0.25) is 5.95 Å². The van der Waals surface area contributed by atoms with Gasteiger partial charge in [-0.3, -0.25) is 4.99 Å². The summed E-state index contributed by atoms with van der Waals surface area (Å²) in [6.45, 7) is 4.03. The molecule has 0 saturated carbocycles. The standard InChI is InChI=1S/C23H22ClFN6O/c1-3-26-23-28-12-14-10-18(22-27-8-9-30(22)21(14)29-23)17-11-16(5-6-19(17)25)31-13-15(24)4-7-20(31)32-2/h4-7,10-13,20H,3,8-9H2,1-2H3,(H,26,28,29). The van der Waals surface area contributed by atoms with E-state index in [1.807, 2.05) is 28.9 Å². The van der Waals surface area contributed by atoms with Crippen LogP contribution in [0.1, 0.15) is 18.1 Å². The molecule has 0 amide bonds. The van der Waals surface area contributed by atoms with Gasteiger partial charge in [0.1, 0.15) is 17.5 Å². The fraction of sp³-hybridized carbons (Fsp3) is 0.261. The first-order valence-corrected chi connectivity index (χ1v) is 10.8. The molecule has 0 saturated heterocycles. The predicted octanol–water partition coefficient (Wildman–Crippen LogP) is 4.25. The van der Waals surface area contributed by atoms with Crippen molar-refractivity contribution in [1.82, 2.24) is 9.97 Å². The number of methoxy groups -OCH3 is 1. The molecule has 2 aromatic rings. The number of hydrogen-bond acceptors (Lipinski definition) is 7. The van der Waals surface area contributed by atoms with Gasteiger partial charge < -0.3 is 19.9 Å². The number of aliphatic imine (C=N–C) groups is 1. The first-order valence-electron chi connectivity index (χ1n) is 10.4. The van der Waals surface area contributed by atoms with E-state index in [1.54, 1.807) is 37.7 Å². The zero-order valence-electron chi connectivity index (χ0n) is 17.7. The van der Waals surface area contributed by atoms with Crippen molar-refractivity contribution in [1.29, 1.82) is 0 Å². The van der Waals surface area contributed by atoms with Gasteiger partial charge >= 0.3 is 0 Å². The number of nitrogens with one attached hydrogen (secondary N) is 1. The van der Waals surface area contributed by atoms with Crippen LogP contribution in [-0.2, 0) is 4.74 Å². The summed E-state index contributed by atoms with van der Waals surface area (Å²) in [6.07, 6.45) is 8.73. The number of halogens is 2. The Kier molecular flexibility index (Phi) is 5.40. The van der Waals surface area contributed by atoms with Crippen LogP contribution >= 0.6 is 11.6 Å².